The molecular formula is C13H13BrN4O2S. The number of amidine groups is 1. The molecular weight excluding hydrogens is 356 g/mol. The lowest BCUT2D eigenvalue weighted by Crippen LogP contribution is -2.19. The molecule has 21 heavy (non-hydrogen) atoms. The van der Waals surface area contributed by atoms with Gasteiger partial charge in [0, 0.05) is 10.0 Å². The van der Waals surface area contributed by atoms with E-state index in [1.165, 1.54) is 11.3 Å². The molecule has 0 aliphatic rings. The predicted molar refractivity (Wildman–Crippen MR) is 86.2 cm³/mol. The van der Waals surface area contributed by atoms with Gasteiger partial charge in [-0.05, 0) is 32.0 Å². The average molecular weight is 369 g/mol. The Morgan fingerprint density at radius 2 is 2.19 bits per heavy atom. The van der Waals surface area contributed by atoms with E-state index in [0.29, 0.717) is 21.8 Å². The van der Waals surface area contributed by atoms with Crippen molar-refractivity contribution in [1.82, 2.24) is 4.98 Å². The van der Waals surface area contributed by atoms with Crippen LogP contribution in [0.3, 0.4) is 0 Å². The van der Waals surface area contributed by atoms with E-state index < -0.39 is 0 Å². The Labute approximate surface area is 133 Å². The van der Waals surface area contributed by atoms with Gasteiger partial charge in [-0.1, -0.05) is 21.1 Å². The molecule has 2 rings (SSSR count). The minimum Gasteiger partial charge on any atom is -0.409 e. The summed E-state index contributed by atoms with van der Waals surface area (Å²) in [5, 5.41) is 15.4. The van der Waals surface area contributed by atoms with Gasteiger partial charge in [0.05, 0.1) is 16.4 Å². The molecule has 0 fully saturated rings. The molecule has 1 aromatic heterocycles. The fourth-order valence-electron chi connectivity index (χ4n) is 1.81. The molecule has 110 valence electrons. The number of carbonyl (C=O) groups is 1. The van der Waals surface area contributed by atoms with Crippen molar-refractivity contribution in [3.8, 4) is 0 Å². The molecule has 0 saturated heterocycles. The summed E-state index contributed by atoms with van der Waals surface area (Å²) in [7, 11) is 0. The van der Waals surface area contributed by atoms with Crippen molar-refractivity contribution in [1.29, 1.82) is 0 Å². The van der Waals surface area contributed by atoms with Gasteiger partial charge in [0.1, 0.15) is 4.88 Å². The number of nitrogens with one attached hydrogen (secondary N) is 1. The number of aromatic nitrogens is 1. The van der Waals surface area contributed by atoms with Crippen LogP contribution in [0.1, 0.15) is 25.9 Å². The smallest absolute Gasteiger partial charge is 0.267 e. The lowest BCUT2D eigenvalue weighted by atomic mass is 10.1. The number of nitrogens with zero attached hydrogens (tertiary/aromatic N) is 2. The molecule has 4 N–H and O–H groups in total. The summed E-state index contributed by atoms with van der Waals surface area (Å²) in [6, 6.07) is 5.10. The van der Waals surface area contributed by atoms with Gasteiger partial charge in [-0.15, -0.1) is 11.3 Å². The SMILES string of the molecule is Cc1nc(C)c(C(=O)Nc2ccc(Br)cc2/C(N)=N/O)s1. The summed E-state index contributed by atoms with van der Waals surface area (Å²) in [5.41, 5.74) is 7.20. The van der Waals surface area contributed by atoms with Crippen molar-refractivity contribution in [2.75, 3.05) is 5.32 Å². The van der Waals surface area contributed by atoms with Crippen LogP contribution in [0.5, 0.6) is 0 Å². The van der Waals surface area contributed by atoms with E-state index in [1.54, 1.807) is 25.1 Å². The maximum atomic E-state index is 12.3. The number of oxime groups is 1. The summed E-state index contributed by atoms with van der Waals surface area (Å²) in [5.74, 6) is -0.351. The Kier molecular flexibility index (Phi) is 4.59. The highest BCUT2D eigenvalue weighted by Gasteiger charge is 2.16. The van der Waals surface area contributed by atoms with Gasteiger partial charge in [0.25, 0.3) is 5.91 Å². The van der Waals surface area contributed by atoms with E-state index in [4.69, 9.17) is 10.9 Å². The predicted octanol–water partition coefficient (Wildman–Crippen LogP) is 2.87. The fourth-order valence-corrected chi connectivity index (χ4v) is 2.99. The highest BCUT2D eigenvalue weighted by Crippen LogP contribution is 2.23. The van der Waals surface area contributed by atoms with Crippen LogP contribution in [0.4, 0.5) is 5.69 Å². The van der Waals surface area contributed by atoms with Crippen LogP contribution in [0.15, 0.2) is 27.8 Å². The first-order valence-electron chi connectivity index (χ1n) is 5.95. The minimum atomic E-state index is -0.271. The van der Waals surface area contributed by atoms with Gasteiger partial charge in [-0.2, -0.15) is 0 Å². The molecule has 0 aliphatic heterocycles. The zero-order valence-electron chi connectivity index (χ0n) is 11.3. The van der Waals surface area contributed by atoms with Gasteiger partial charge in [0.15, 0.2) is 5.84 Å². The van der Waals surface area contributed by atoms with E-state index in [-0.39, 0.29) is 11.7 Å². The highest BCUT2D eigenvalue weighted by atomic mass is 79.9. The first-order chi connectivity index (χ1) is 9.92. The third kappa shape index (κ3) is 3.40. The number of nitrogens with two attached hydrogens (primary N) is 1. The van der Waals surface area contributed by atoms with Crippen LogP contribution in [0.25, 0.3) is 0 Å². The molecule has 1 aromatic carbocycles. The van der Waals surface area contributed by atoms with Crippen molar-refractivity contribution < 1.29 is 10.0 Å². The molecule has 0 atom stereocenters. The van der Waals surface area contributed by atoms with Crippen LogP contribution >= 0.6 is 27.3 Å². The molecule has 8 heteroatoms. The second-order valence-corrected chi connectivity index (χ2v) is 6.40. The van der Waals surface area contributed by atoms with Crippen molar-refractivity contribution >= 4 is 44.7 Å². The highest BCUT2D eigenvalue weighted by molar-refractivity contribution is 9.10. The topological polar surface area (TPSA) is 101 Å². The van der Waals surface area contributed by atoms with E-state index in [1.807, 2.05) is 6.92 Å². The largest absolute Gasteiger partial charge is 0.409 e. The molecule has 0 aliphatic carbocycles. The van der Waals surface area contributed by atoms with Crippen LogP contribution in [0, 0.1) is 13.8 Å². The number of amides is 1. The van der Waals surface area contributed by atoms with E-state index in [9.17, 15) is 4.79 Å². The van der Waals surface area contributed by atoms with E-state index in [0.717, 1.165) is 9.48 Å². The maximum absolute atomic E-state index is 12.3. The molecule has 2 aromatic rings. The van der Waals surface area contributed by atoms with Crippen molar-refractivity contribution in [2.24, 2.45) is 10.9 Å². The average Bonchev–Trinajstić information content (AvgIpc) is 2.78. The second-order valence-electron chi connectivity index (χ2n) is 4.28. The fraction of sp³-hybridized carbons (Fsp3) is 0.154. The van der Waals surface area contributed by atoms with Gasteiger partial charge in [-0.3, -0.25) is 4.79 Å². The van der Waals surface area contributed by atoms with Crippen molar-refractivity contribution in [3.05, 3.63) is 43.8 Å². The minimum absolute atomic E-state index is 0.0798. The second kappa shape index (κ2) is 6.23. The summed E-state index contributed by atoms with van der Waals surface area (Å²) in [4.78, 5) is 17.1. The number of hydrogen-bond acceptors (Lipinski definition) is 5. The normalized spacial score (nSPS) is 11.5. The van der Waals surface area contributed by atoms with Crippen LogP contribution in [0.2, 0.25) is 0 Å². The molecule has 6 nitrogen and oxygen atoms in total. The quantitative estimate of drug-likeness (QED) is 0.335. The molecule has 0 saturated carbocycles. The monoisotopic (exact) mass is 368 g/mol. The molecule has 0 bridgehead atoms. The summed E-state index contributed by atoms with van der Waals surface area (Å²) >= 11 is 4.63. The standard InChI is InChI=1S/C13H13BrN4O2S/c1-6-11(21-7(2)16-6)13(19)17-10-4-3-8(14)5-9(10)12(15)18-20/h3-5,20H,1-2H3,(H2,15,18)(H,17,19). The van der Waals surface area contributed by atoms with Gasteiger partial charge in [-0.25, -0.2) is 4.98 Å². The maximum Gasteiger partial charge on any atom is 0.267 e. The zero-order chi connectivity index (χ0) is 15.6. The first kappa shape index (κ1) is 15.5. The number of anilines is 1. The molecule has 0 unspecified atom stereocenters. The molecule has 1 heterocycles. The summed E-state index contributed by atoms with van der Waals surface area (Å²) < 4.78 is 0.756. The molecule has 0 spiro atoms. The van der Waals surface area contributed by atoms with Gasteiger partial charge in [0.2, 0.25) is 0 Å². The van der Waals surface area contributed by atoms with Crippen molar-refractivity contribution in [2.45, 2.75) is 13.8 Å². The lowest BCUT2D eigenvalue weighted by molar-refractivity contribution is 0.103. The number of halogens is 1. The Morgan fingerprint density at radius 1 is 1.48 bits per heavy atom. The number of benzene rings is 1. The Hall–Kier alpha value is -1.93. The van der Waals surface area contributed by atoms with Gasteiger partial charge < -0.3 is 16.3 Å². The van der Waals surface area contributed by atoms with E-state index >= 15 is 0 Å². The number of rotatable bonds is 3. The Morgan fingerprint density at radius 3 is 2.76 bits per heavy atom. The van der Waals surface area contributed by atoms with Gasteiger partial charge >= 0.3 is 0 Å². The Bertz CT molecular complexity index is 727. The van der Waals surface area contributed by atoms with Crippen LogP contribution in [-0.4, -0.2) is 21.9 Å². The van der Waals surface area contributed by atoms with Crippen LogP contribution < -0.4 is 11.1 Å². The van der Waals surface area contributed by atoms with Crippen LogP contribution in [-0.2, 0) is 0 Å². The zero-order valence-corrected chi connectivity index (χ0v) is 13.7. The number of aryl methyl sites for hydroxylation is 2. The number of carbonyl (C=O) groups excluding carboxylic acids is 1. The third-order valence-electron chi connectivity index (χ3n) is 2.72. The third-order valence-corrected chi connectivity index (χ3v) is 4.29. The molecule has 1 amide bonds. The molecule has 0 radical (unpaired) electrons. The summed E-state index contributed by atoms with van der Waals surface area (Å²) in [6.45, 7) is 3.63. The summed E-state index contributed by atoms with van der Waals surface area (Å²) in [6.07, 6.45) is 0. The van der Waals surface area contributed by atoms with Crippen molar-refractivity contribution in [3.63, 3.8) is 0 Å². The lowest BCUT2D eigenvalue weighted by Gasteiger charge is -2.10. The Balaban J connectivity index is 2.35. The van der Waals surface area contributed by atoms with E-state index in [2.05, 4.69) is 31.4 Å². The first-order valence-corrected chi connectivity index (χ1v) is 7.56. The number of thiazole rings is 1. The number of hydrogen-bond donors (Lipinski definition) is 3.